The van der Waals surface area contributed by atoms with Crippen LogP contribution in [0.5, 0.6) is 0 Å². The van der Waals surface area contributed by atoms with Gasteiger partial charge in [0.2, 0.25) is 0 Å². The molecule has 1 aromatic heterocycles. The van der Waals surface area contributed by atoms with E-state index in [1.54, 1.807) is 0 Å². The smallest absolute Gasteiger partial charge is 0.0702 e. The molecule has 4 heteroatoms. The summed E-state index contributed by atoms with van der Waals surface area (Å²) in [6.07, 6.45) is 7.18. The van der Waals surface area contributed by atoms with Crippen LogP contribution in [-0.4, -0.2) is 34.2 Å². The number of aliphatic hydroxyl groups excluding tert-OH is 1. The fourth-order valence-corrected chi connectivity index (χ4v) is 3.62. The first kappa shape index (κ1) is 14.9. The van der Waals surface area contributed by atoms with E-state index in [4.69, 9.17) is 11.6 Å². The van der Waals surface area contributed by atoms with Crippen LogP contribution in [0.2, 0.25) is 5.02 Å². The molecule has 0 aliphatic carbocycles. The average molecular weight is 307 g/mol. The lowest BCUT2D eigenvalue weighted by molar-refractivity contribution is 0.171. The number of benzene rings is 1. The van der Waals surface area contributed by atoms with Crippen molar-refractivity contribution >= 4 is 22.5 Å². The molecule has 0 spiro atoms. The van der Waals surface area contributed by atoms with Crippen molar-refractivity contribution in [1.29, 1.82) is 0 Å². The zero-order valence-corrected chi connectivity index (χ0v) is 13.3. The Morgan fingerprint density at radius 2 is 2.19 bits per heavy atom. The molecule has 1 N–H and O–H groups in total. The largest absolute Gasteiger partial charge is 0.392 e. The minimum atomic E-state index is 0.0778. The Bertz CT molecular complexity index is 623. The van der Waals surface area contributed by atoms with Crippen LogP contribution in [0.4, 0.5) is 0 Å². The van der Waals surface area contributed by atoms with Crippen molar-refractivity contribution in [3.05, 3.63) is 35.0 Å². The molecule has 0 radical (unpaired) electrons. The predicted molar refractivity (Wildman–Crippen MR) is 87.8 cm³/mol. The third-order valence-corrected chi connectivity index (χ3v) is 4.96. The van der Waals surface area contributed by atoms with Crippen LogP contribution in [0, 0.1) is 0 Å². The fraction of sp³-hybridized carbons (Fsp3) is 0.529. The van der Waals surface area contributed by atoms with Crippen molar-refractivity contribution < 1.29 is 5.11 Å². The first-order valence-electron chi connectivity index (χ1n) is 7.77. The van der Waals surface area contributed by atoms with Crippen molar-refractivity contribution in [3.8, 4) is 0 Å². The maximum Gasteiger partial charge on any atom is 0.0702 e. The molecule has 1 unspecified atom stereocenters. The van der Waals surface area contributed by atoms with Gasteiger partial charge in [0.25, 0.3) is 0 Å². The molecule has 0 amide bonds. The second-order valence-corrected chi connectivity index (χ2v) is 6.52. The van der Waals surface area contributed by atoms with E-state index in [9.17, 15) is 5.11 Å². The summed E-state index contributed by atoms with van der Waals surface area (Å²) in [6.45, 7) is 2.27. The minimum Gasteiger partial charge on any atom is -0.392 e. The summed E-state index contributed by atoms with van der Waals surface area (Å²) in [5.41, 5.74) is 2.11. The van der Waals surface area contributed by atoms with Crippen LogP contribution in [0.25, 0.3) is 10.9 Å². The summed E-state index contributed by atoms with van der Waals surface area (Å²) in [5, 5.41) is 11.4. The van der Waals surface area contributed by atoms with Crippen LogP contribution in [-0.2, 0) is 13.2 Å². The number of halogens is 1. The number of rotatable bonds is 4. The van der Waals surface area contributed by atoms with Gasteiger partial charge in [-0.25, -0.2) is 0 Å². The molecule has 1 aliphatic rings. The van der Waals surface area contributed by atoms with Crippen molar-refractivity contribution in [3.63, 3.8) is 0 Å². The molecule has 0 saturated carbocycles. The zero-order chi connectivity index (χ0) is 14.8. The lowest BCUT2D eigenvalue weighted by Crippen LogP contribution is -2.36. The van der Waals surface area contributed by atoms with Crippen molar-refractivity contribution in [2.75, 3.05) is 13.6 Å². The third-order valence-electron chi connectivity index (χ3n) is 4.72. The molecule has 114 valence electrons. The lowest BCUT2D eigenvalue weighted by Gasteiger charge is -2.32. The number of aromatic nitrogens is 1. The molecule has 1 aromatic carbocycles. The number of aliphatic hydroxyl groups is 1. The van der Waals surface area contributed by atoms with Gasteiger partial charge in [0.15, 0.2) is 0 Å². The molecule has 21 heavy (non-hydrogen) atoms. The van der Waals surface area contributed by atoms with Gasteiger partial charge in [-0.15, -0.1) is 0 Å². The van der Waals surface area contributed by atoms with Crippen LogP contribution in [0.15, 0.2) is 24.4 Å². The van der Waals surface area contributed by atoms with Gasteiger partial charge in [-0.3, -0.25) is 0 Å². The number of hydrogen-bond donors (Lipinski definition) is 1. The molecule has 0 bridgehead atoms. The number of hydrogen-bond acceptors (Lipinski definition) is 2. The molecule has 1 aliphatic heterocycles. The molecule has 1 fully saturated rings. The molecule has 1 saturated heterocycles. The monoisotopic (exact) mass is 306 g/mol. The van der Waals surface area contributed by atoms with E-state index in [1.165, 1.54) is 25.8 Å². The Morgan fingerprint density at radius 1 is 1.33 bits per heavy atom. The number of aryl methyl sites for hydroxylation is 1. The first-order valence-corrected chi connectivity index (χ1v) is 8.15. The topological polar surface area (TPSA) is 28.4 Å². The minimum absolute atomic E-state index is 0.0778. The summed E-state index contributed by atoms with van der Waals surface area (Å²) in [6, 6.07) is 6.57. The summed E-state index contributed by atoms with van der Waals surface area (Å²) in [7, 11) is 2.23. The van der Waals surface area contributed by atoms with E-state index in [0.717, 1.165) is 34.5 Å². The van der Waals surface area contributed by atoms with Gasteiger partial charge in [-0.2, -0.15) is 0 Å². The Morgan fingerprint density at radius 3 is 2.95 bits per heavy atom. The van der Waals surface area contributed by atoms with Crippen molar-refractivity contribution in [1.82, 2.24) is 9.47 Å². The Hall–Kier alpha value is -1.03. The maximum absolute atomic E-state index is 9.52. The van der Waals surface area contributed by atoms with Crippen molar-refractivity contribution in [2.24, 2.45) is 0 Å². The molecule has 2 aromatic rings. The van der Waals surface area contributed by atoms with Gasteiger partial charge in [-0.1, -0.05) is 24.1 Å². The SMILES string of the molecule is CN1CCCCC1CCn1cc(CO)c2ccc(Cl)cc21. The van der Waals surface area contributed by atoms with Crippen LogP contribution in [0.3, 0.4) is 0 Å². The summed E-state index contributed by atoms with van der Waals surface area (Å²) < 4.78 is 2.25. The van der Waals surface area contributed by atoms with Gasteiger partial charge >= 0.3 is 0 Å². The fourth-order valence-electron chi connectivity index (χ4n) is 3.45. The summed E-state index contributed by atoms with van der Waals surface area (Å²) in [5.74, 6) is 0. The van der Waals surface area contributed by atoms with E-state index in [0.29, 0.717) is 6.04 Å². The van der Waals surface area contributed by atoms with Crippen LogP contribution >= 0.6 is 11.6 Å². The highest BCUT2D eigenvalue weighted by Gasteiger charge is 2.19. The number of fused-ring (bicyclic) bond motifs is 1. The number of nitrogens with zero attached hydrogens (tertiary/aromatic N) is 2. The summed E-state index contributed by atoms with van der Waals surface area (Å²) >= 11 is 6.13. The van der Waals surface area contributed by atoms with Crippen LogP contribution in [0.1, 0.15) is 31.2 Å². The molecular formula is C17H23ClN2O. The van der Waals surface area contributed by atoms with Crippen LogP contribution < -0.4 is 0 Å². The molecule has 1 atom stereocenters. The van der Waals surface area contributed by atoms with Crippen molar-refractivity contribution in [2.45, 2.75) is 44.9 Å². The van der Waals surface area contributed by atoms with E-state index in [-0.39, 0.29) is 6.61 Å². The van der Waals surface area contributed by atoms with E-state index >= 15 is 0 Å². The zero-order valence-electron chi connectivity index (χ0n) is 12.6. The van der Waals surface area contributed by atoms with E-state index < -0.39 is 0 Å². The quantitative estimate of drug-likeness (QED) is 0.933. The normalized spacial score (nSPS) is 20.2. The van der Waals surface area contributed by atoms with E-state index in [1.807, 2.05) is 18.2 Å². The van der Waals surface area contributed by atoms with Gasteiger partial charge in [0.05, 0.1) is 6.61 Å². The highest BCUT2D eigenvalue weighted by Crippen LogP contribution is 2.26. The van der Waals surface area contributed by atoms with Gasteiger partial charge in [-0.05, 0) is 45.0 Å². The molecule has 3 nitrogen and oxygen atoms in total. The standard InChI is InChI=1S/C17H23ClN2O/c1-19-8-3-2-4-15(19)7-9-20-11-13(12-21)16-6-5-14(18)10-17(16)20/h5-6,10-11,15,21H,2-4,7-9,12H2,1H3. The number of piperidine rings is 1. The van der Waals surface area contributed by atoms with Gasteiger partial charge < -0.3 is 14.6 Å². The highest BCUT2D eigenvalue weighted by atomic mass is 35.5. The Balaban J connectivity index is 1.81. The maximum atomic E-state index is 9.52. The Labute approximate surface area is 131 Å². The summed E-state index contributed by atoms with van der Waals surface area (Å²) in [4.78, 5) is 2.48. The predicted octanol–water partition coefficient (Wildman–Crippen LogP) is 3.66. The number of likely N-dealkylation sites (tertiary alicyclic amines) is 1. The highest BCUT2D eigenvalue weighted by molar-refractivity contribution is 6.31. The first-order chi connectivity index (χ1) is 10.2. The third kappa shape index (κ3) is 3.10. The van der Waals surface area contributed by atoms with E-state index in [2.05, 4.69) is 22.7 Å². The average Bonchev–Trinajstić information content (AvgIpc) is 2.83. The molecule has 3 rings (SSSR count). The molecular weight excluding hydrogens is 284 g/mol. The van der Waals surface area contributed by atoms with Gasteiger partial charge in [0, 0.05) is 40.3 Å². The Kier molecular flexibility index (Phi) is 4.53. The molecule has 2 heterocycles. The second-order valence-electron chi connectivity index (χ2n) is 6.09. The lowest BCUT2D eigenvalue weighted by atomic mass is 10.0. The second kappa shape index (κ2) is 6.39. The van der Waals surface area contributed by atoms with Gasteiger partial charge in [0.1, 0.15) is 0 Å².